The minimum Gasteiger partial charge on any atom is -0.390 e. The van der Waals surface area contributed by atoms with Crippen LogP contribution in [0.4, 0.5) is 0 Å². The van der Waals surface area contributed by atoms with E-state index >= 15 is 0 Å². The Labute approximate surface area is 70.1 Å². The van der Waals surface area contributed by atoms with Crippen molar-refractivity contribution in [3.05, 3.63) is 18.3 Å². The van der Waals surface area contributed by atoms with Gasteiger partial charge in [-0.2, -0.15) is 0 Å². The summed E-state index contributed by atoms with van der Waals surface area (Å²) in [5, 5.41) is 8.50. The van der Waals surface area contributed by atoms with Crippen molar-refractivity contribution in [3.8, 4) is 0 Å². The van der Waals surface area contributed by atoms with Gasteiger partial charge in [-0.05, 0) is 39.0 Å². The lowest BCUT2D eigenvalue weighted by molar-refractivity contribution is 0.339. The van der Waals surface area contributed by atoms with Gasteiger partial charge in [0.25, 0.3) is 0 Å². The second kappa shape index (κ2) is 6.41. The van der Waals surface area contributed by atoms with Crippen molar-refractivity contribution >= 4 is 0 Å². The van der Waals surface area contributed by atoms with Crippen LogP contribution in [0.1, 0.15) is 40.0 Å². The highest BCUT2D eigenvalue weighted by atomic mass is 16.2. The maximum Gasteiger partial charge on any atom is 0.0801 e. The predicted molar refractivity (Wildman–Crippen MR) is 48.7 cm³/mol. The van der Waals surface area contributed by atoms with Gasteiger partial charge in [0.15, 0.2) is 0 Å². The first-order valence-corrected chi connectivity index (χ1v) is 4.26. The second-order valence-corrected chi connectivity index (χ2v) is 3.38. The van der Waals surface area contributed by atoms with E-state index in [-0.39, 0.29) is 0 Å². The van der Waals surface area contributed by atoms with Gasteiger partial charge >= 0.3 is 0 Å². The normalized spacial score (nSPS) is 12.7. The molecule has 0 aromatic rings. The average Bonchev–Trinajstić information content (AvgIpc) is 1.87. The third-order valence-electron chi connectivity index (χ3n) is 1.72. The average molecular weight is 155 g/mol. The molecular weight excluding hydrogens is 136 g/mol. The molecule has 1 unspecified atom stereocenters. The Kier molecular flexibility index (Phi) is 6.24. The zero-order valence-electron chi connectivity index (χ0n) is 7.80. The van der Waals surface area contributed by atoms with Gasteiger partial charge in [0.1, 0.15) is 0 Å². The molecule has 1 nitrogen and oxygen atoms in total. The van der Waals surface area contributed by atoms with Crippen LogP contribution >= 0.6 is 0 Å². The summed E-state index contributed by atoms with van der Waals surface area (Å²) in [5.41, 5.74) is 1.38. The number of hydrogen-bond acceptors (Lipinski definition) is 1. The summed E-state index contributed by atoms with van der Waals surface area (Å²) >= 11 is 0. The van der Waals surface area contributed by atoms with Crippen molar-refractivity contribution in [2.75, 3.05) is 0 Å². The van der Waals surface area contributed by atoms with Gasteiger partial charge in [-0.15, -0.1) is 0 Å². The number of rotatable bonds is 5. The van der Waals surface area contributed by atoms with Crippen molar-refractivity contribution in [2.24, 2.45) is 5.92 Å². The van der Waals surface area contributed by atoms with Gasteiger partial charge in [-0.1, -0.05) is 18.6 Å². The molecule has 0 aromatic carbocycles. The summed E-state index contributed by atoms with van der Waals surface area (Å²) in [6.07, 6.45) is 5.37. The van der Waals surface area contributed by atoms with Gasteiger partial charge < -0.3 is 5.11 Å². The van der Waals surface area contributed by atoms with Crippen LogP contribution in [0.25, 0.3) is 0 Å². The molecule has 0 saturated heterocycles. The van der Waals surface area contributed by atoms with Crippen LogP contribution in [0.3, 0.4) is 0 Å². The first kappa shape index (κ1) is 10.7. The second-order valence-electron chi connectivity index (χ2n) is 3.38. The summed E-state index contributed by atoms with van der Waals surface area (Å²) < 4.78 is 0. The van der Waals surface area contributed by atoms with Crippen LogP contribution in [-0.4, -0.2) is 5.11 Å². The van der Waals surface area contributed by atoms with E-state index in [2.05, 4.69) is 26.8 Å². The van der Waals surface area contributed by atoms with Crippen LogP contribution in [-0.2, 0) is 0 Å². The van der Waals surface area contributed by atoms with E-state index in [1.165, 1.54) is 18.6 Å². The zero-order valence-corrected chi connectivity index (χ0v) is 7.80. The molecule has 0 bridgehead atoms. The van der Waals surface area contributed by atoms with E-state index < -0.39 is 0 Å². The van der Waals surface area contributed by atoms with Crippen LogP contribution < -0.4 is 0 Å². The van der Waals surface area contributed by atoms with Gasteiger partial charge in [-0.3, -0.25) is 0 Å². The molecule has 1 N–H and O–H groups in total. The summed E-state index contributed by atoms with van der Waals surface area (Å²) in [6.45, 7) is 7.64. The maximum absolute atomic E-state index is 8.50. The van der Waals surface area contributed by atoms with Crippen molar-refractivity contribution in [1.82, 2.24) is 0 Å². The molecule has 1 atom stereocenters. The topological polar surface area (TPSA) is 20.2 Å². The molecule has 65 valence electrons. The molecule has 11 heavy (non-hydrogen) atoms. The minimum atomic E-state index is 0.607. The number of allylic oxidation sites excluding steroid dienone is 2. The Morgan fingerprint density at radius 2 is 2.09 bits per heavy atom. The van der Waals surface area contributed by atoms with Gasteiger partial charge in [-0.25, -0.2) is 0 Å². The third kappa shape index (κ3) is 7.60. The Hall–Kier alpha value is -0.300. The molecule has 1 radical (unpaired) electrons. The fraction of sp³-hybridized carbons (Fsp3) is 0.700. The Morgan fingerprint density at radius 3 is 2.55 bits per heavy atom. The smallest absolute Gasteiger partial charge is 0.0801 e. The van der Waals surface area contributed by atoms with E-state index in [0.717, 1.165) is 12.8 Å². The molecule has 1 heteroatoms. The molecule has 0 rings (SSSR count). The molecule has 0 aliphatic carbocycles. The highest BCUT2D eigenvalue weighted by molar-refractivity contribution is 4.92. The van der Waals surface area contributed by atoms with E-state index in [1.807, 2.05) is 0 Å². The van der Waals surface area contributed by atoms with E-state index in [0.29, 0.717) is 5.92 Å². The molecule has 0 amide bonds. The maximum atomic E-state index is 8.50. The SMILES string of the molecule is CC(C)=CCCC(C)C[CH]O. The molecule has 0 spiro atoms. The fourth-order valence-corrected chi connectivity index (χ4v) is 0.954. The number of hydrogen-bond donors (Lipinski definition) is 1. The lowest BCUT2D eigenvalue weighted by Crippen LogP contribution is -1.93. The van der Waals surface area contributed by atoms with Crippen LogP contribution in [0.15, 0.2) is 11.6 Å². The van der Waals surface area contributed by atoms with Crippen LogP contribution in [0.5, 0.6) is 0 Å². The van der Waals surface area contributed by atoms with E-state index in [4.69, 9.17) is 5.11 Å². The lowest BCUT2D eigenvalue weighted by atomic mass is 10.0. The first-order chi connectivity index (χ1) is 5.16. The first-order valence-electron chi connectivity index (χ1n) is 4.26. The van der Waals surface area contributed by atoms with Gasteiger partial charge in [0.05, 0.1) is 6.61 Å². The summed E-state index contributed by atoms with van der Waals surface area (Å²) in [4.78, 5) is 0. The van der Waals surface area contributed by atoms with Crippen molar-refractivity contribution in [2.45, 2.75) is 40.0 Å². The standard InChI is InChI=1S/C10H19O/c1-9(2)5-4-6-10(3)7-8-11/h5,8,10-11H,4,6-7H2,1-3H3. The zero-order chi connectivity index (χ0) is 8.69. The molecule has 0 aliphatic heterocycles. The van der Waals surface area contributed by atoms with E-state index in [9.17, 15) is 0 Å². The van der Waals surface area contributed by atoms with Crippen molar-refractivity contribution in [1.29, 1.82) is 0 Å². The predicted octanol–water partition coefficient (Wildman–Crippen LogP) is 3.29. The molecule has 0 fully saturated rings. The molecule has 0 aliphatic rings. The molecule has 0 aromatic heterocycles. The highest BCUT2D eigenvalue weighted by Crippen LogP contribution is 2.11. The van der Waals surface area contributed by atoms with Gasteiger partial charge in [0, 0.05) is 0 Å². The fourth-order valence-electron chi connectivity index (χ4n) is 0.954. The number of aliphatic hydroxyl groups is 1. The molecular formula is C10H19O. The summed E-state index contributed by atoms with van der Waals surface area (Å²) in [7, 11) is 0. The molecule has 0 heterocycles. The quantitative estimate of drug-likeness (QED) is 0.604. The highest BCUT2D eigenvalue weighted by Gasteiger charge is 1.98. The third-order valence-corrected chi connectivity index (χ3v) is 1.72. The minimum absolute atomic E-state index is 0.607. The number of aliphatic hydroxyl groups excluding tert-OH is 1. The van der Waals surface area contributed by atoms with E-state index in [1.54, 1.807) is 0 Å². The largest absolute Gasteiger partial charge is 0.390 e. The Morgan fingerprint density at radius 1 is 1.45 bits per heavy atom. The summed E-state index contributed by atoms with van der Waals surface area (Å²) in [6, 6.07) is 0. The van der Waals surface area contributed by atoms with Crippen LogP contribution in [0.2, 0.25) is 0 Å². The summed E-state index contributed by atoms with van der Waals surface area (Å²) in [5.74, 6) is 0.607. The Balaban J connectivity index is 3.31. The van der Waals surface area contributed by atoms with Gasteiger partial charge in [0.2, 0.25) is 0 Å². The molecule has 0 saturated carbocycles. The van der Waals surface area contributed by atoms with Crippen molar-refractivity contribution < 1.29 is 5.11 Å². The lowest BCUT2D eigenvalue weighted by Gasteiger charge is -2.06. The monoisotopic (exact) mass is 155 g/mol. The van der Waals surface area contributed by atoms with Crippen LogP contribution in [0, 0.1) is 12.5 Å². The Bertz CT molecular complexity index is 112. The van der Waals surface area contributed by atoms with Crippen molar-refractivity contribution in [3.63, 3.8) is 0 Å².